The van der Waals surface area contributed by atoms with Crippen LogP contribution in [0.25, 0.3) is 0 Å². The Morgan fingerprint density at radius 2 is 2.24 bits per heavy atom. The van der Waals surface area contributed by atoms with Crippen molar-refractivity contribution >= 4 is 11.7 Å². The summed E-state index contributed by atoms with van der Waals surface area (Å²) in [7, 11) is 0. The van der Waals surface area contributed by atoms with E-state index in [0.717, 1.165) is 12.2 Å². The summed E-state index contributed by atoms with van der Waals surface area (Å²) < 4.78 is 10.2. The van der Waals surface area contributed by atoms with Gasteiger partial charge in [0.15, 0.2) is 0 Å². The van der Waals surface area contributed by atoms with Crippen molar-refractivity contribution in [3.63, 3.8) is 0 Å². The highest BCUT2D eigenvalue weighted by Crippen LogP contribution is 2.33. The topological polar surface area (TPSA) is 47.6 Å². The minimum atomic E-state index is -0.123. The van der Waals surface area contributed by atoms with Crippen LogP contribution in [0.1, 0.15) is 17.9 Å². The maximum atomic E-state index is 11.7. The lowest BCUT2D eigenvalue weighted by Gasteiger charge is -2.26. The molecular weight excluding hydrogens is 218 g/mol. The van der Waals surface area contributed by atoms with Crippen molar-refractivity contribution in [3.05, 3.63) is 29.8 Å². The Bertz CT molecular complexity index is 428. The molecule has 1 fully saturated rings. The van der Waals surface area contributed by atoms with Crippen molar-refractivity contribution in [1.29, 1.82) is 0 Å². The van der Waals surface area contributed by atoms with Gasteiger partial charge in [-0.1, -0.05) is 18.2 Å². The van der Waals surface area contributed by atoms with Crippen LogP contribution < -0.4 is 5.32 Å². The molecule has 0 aliphatic carbocycles. The van der Waals surface area contributed by atoms with Gasteiger partial charge in [-0.3, -0.25) is 4.79 Å². The zero-order chi connectivity index (χ0) is 11.7. The summed E-state index contributed by atoms with van der Waals surface area (Å²) in [4.78, 5) is 11.7. The fourth-order valence-corrected chi connectivity index (χ4v) is 2.26. The summed E-state index contributed by atoms with van der Waals surface area (Å²) in [5, 5.41) is 3.30. The van der Waals surface area contributed by atoms with Crippen molar-refractivity contribution in [1.82, 2.24) is 0 Å². The summed E-state index contributed by atoms with van der Waals surface area (Å²) in [6.45, 7) is 1.91. The molecule has 0 saturated carbocycles. The molecule has 2 heterocycles. The average Bonchev–Trinajstić information content (AvgIpc) is 2.68. The van der Waals surface area contributed by atoms with Crippen LogP contribution in [0.5, 0.6) is 0 Å². The largest absolute Gasteiger partial charge is 0.457 e. The Morgan fingerprint density at radius 1 is 1.41 bits per heavy atom. The van der Waals surface area contributed by atoms with Gasteiger partial charge in [0.25, 0.3) is 0 Å². The second kappa shape index (κ2) is 4.37. The predicted octanol–water partition coefficient (Wildman–Crippen LogP) is 1.53. The summed E-state index contributed by atoms with van der Waals surface area (Å²) in [5.74, 6) is 0.112. The maximum absolute atomic E-state index is 11.7. The number of ether oxygens (including phenoxy) is 2. The lowest BCUT2D eigenvalue weighted by atomic mass is 9.98. The molecule has 3 rings (SSSR count). The van der Waals surface area contributed by atoms with Crippen molar-refractivity contribution in [2.24, 2.45) is 0 Å². The number of hydrogen-bond donors (Lipinski definition) is 1. The van der Waals surface area contributed by atoms with Gasteiger partial charge in [0, 0.05) is 18.2 Å². The van der Waals surface area contributed by atoms with Gasteiger partial charge in [0.2, 0.25) is 0 Å². The van der Waals surface area contributed by atoms with Crippen LogP contribution in [-0.2, 0) is 14.3 Å². The fourth-order valence-electron chi connectivity index (χ4n) is 2.26. The average molecular weight is 233 g/mol. The van der Waals surface area contributed by atoms with Gasteiger partial charge in [0.05, 0.1) is 19.6 Å². The SMILES string of the molecule is O=C(CC1CNc2ccccc21)OC1COC1. The molecule has 0 bridgehead atoms. The minimum absolute atomic E-state index is 0.0212. The number of anilines is 1. The van der Waals surface area contributed by atoms with Gasteiger partial charge in [-0.25, -0.2) is 0 Å². The molecule has 1 N–H and O–H groups in total. The van der Waals surface area contributed by atoms with Gasteiger partial charge in [-0.15, -0.1) is 0 Å². The van der Waals surface area contributed by atoms with Crippen molar-refractivity contribution in [2.75, 3.05) is 25.1 Å². The molecule has 1 atom stereocenters. The lowest BCUT2D eigenvalue weighted by molar-refractivity contribution is -0.172. The number of esters is 1. The van der Waals surface area contributed by atoms with Crippen molar-refractivity contribution in [3.8, 4) is 0 Å². The predicted molar refractivity (Wildman–Crippen MR) is 63.0 cm³/mol. The number of fused-ring (bicyclic) bond motifs is 1. The third-order valence-electron chi connectivity index (χ3n) is 3.26. The third kappa shape index (κ3) is 2.13. The van der Waals surface area contributed by atoms with Gasteiger partial charge < -0.3 is 14.8 Å². The van der Waals surface area contributed by atoms with E-state index in [4.69, 9.17) is 9.47 Å². The number of carbonyl (C=O) groups is 1. The van der Waals surface area contributed by atoms with E-state index < -0.39 is 0 Å². The molecule has 90 valence electrons. The summed E-state index contributed by atoms with van der Waals surface area (Å²) in [6, 6.07) is 8.11. The van der Waals surface area contributed by atoms with Crippen LogP contribution in [0.2, 0.25) is 0 Å². The van der Waals surface area contributed by atoms with Gasteiger partial charge >= 0.3 is 5.97 Å². The van der Waals surface area contributed by atoms with Crippen LogP contribution in [-0.4, -0.2) is 31.8 Å². The normalized spacial score (nSPS) is 22.5. The molecule has 1 aromatic carbocycles. The van der Waals surface area contributed by atoms with E-state index in [0.29, 0.717) is 19.6 Å². The molecule has 1 unspecified atom stereocenters. The molecule has 0 aromatic heterocycles. The second-order valence-corrected chi connectivity index (χ2v) is 4.52. The highest BCUT2D eigenvalue weighted by molar-refractivity contribution is 5.72. The number of benzene rings is 1. The first-order chi connectivity index (χ1) is 8.33. The summed E-state index contributed by atoms with van der Waals surface area (Å²) in [5.41, 5.74) is 2.35. The van der Waals surface area contributed by atoms with Gasteiger partial charge in [-0.05, 0) is 11.6 Å². The molecule has 0 radical (unpaired) electrons. The minimum Gasteiger partial charge on any atom is -0.457 e. The van der Waals surface area contributed by atoms with E-state index in [2.05, 4.69) is 11.4 Å². The zero-order valence-corrected chi connectivity index (χ0v) is 9.52. The third-order valence-corrected chi connectivity index (χ3v) is 3.26. The molecule has 4 heteroatoms. The van der Waals surface area contributed by atoms with Crippen molar-refractivity contribution < 1.29 is 14.3 Å². The first-order valence-corrected chi connectivity index (χ1v) is 5.93. The first-order valence-electron chi connectivity index (χ1n) is 5.93. The molecule has 17 heavy (non-hydrogen) atoms. The Labute approximate surface area is 99.9 Å². The molecule has 0 spiro atoms. The Hall–Kier alpha value is -1.55. The van der Waals surface area contributed by atoms with Crippen LogP contribution in [0.15, 0.2) is 24.3 Å². The smallest absolute Gasteiger partial charge is 0.306 e. The highest BCUT2D eigenvalue weighted by Gasteiger charge is 2.28. The quantitative estimate of drug-likeness (QED) is 0.804. The standard InChI is InChI=1S/C13H15NO3/c15-13(17-10-7-16-8-10)5-9-6-14-12-4-2-1-3-11(9)12/h1-4,9-10,14H,5-8H2. The number of nitrogens with one attached hydrogen (secondary N) is 1. The van der Waals surface area contributed by atoms with E-state index >= 15 is 0 Å². The monoisotopic (exact) mass is 233 g/mol. The fraction of sp³-hybridized carbons (Fsp3) is 0.462. The molecule has 1 saturated heterocycles. The first kappa shape index (κ1) is 10.6. The van der Waals surface area contributed by atoms with E-state index in [1.54, 1.807) is 0 Å². The Morgan fingerprint density at radius 3 is 3.00 bits per heavy atom. The van der Waals surface area contributed by atoms with E-state index in [1.165, 1.54) is 5.56 Å². The number of carbonyl (C=O) groups excluding carboxylic acids is 1. The molecule has 2 aliphatic heterocycles. The Kier molecular flexibility index (Phi) is 2.73. The van der Waals surface area contributed by atoms with Crippen LogP contribution >= 0.6 is 0 Å². The zero-order valence-electron chi connectivity index (χ0n) is 9.52. The highest BCUT2D eigenvalue weighted by atomic mass is 16.6. The van der Waals surface area contributed by atoms with Crippen LogP contribution in [0.4, 0.5) is 5.69 Å². The van der Waals surface area contributed by atoms with E-state index in [-0.39, 0.29) is 18.0 Å². The van der Waals surface area contributed by atoms with E-state index in [9.17, 15) is 4.79 Å². The van der Waals surface area contributed by atoms with Crippen LogP contribution in [0.3, 0.4) is 0 Å². The van der Waals surface area contributed by atoms with Crippen LogP contribution in [0, 0.1) is 0 Å². The molecule has 2 aliphatic rings. The van der Waals surface area contributed by atoms with Gasteiger partial charge in [0.1, 0.15) is 6.10 Å². The van der Waals surface area contributed by atoms with Gasteiger partial charge in [-0.2, -0.15) is 0 Å². The molecular formula is C13H15NO3. The summed E-state index contributed by atoms with van der Waals surface area (Å²) >= 11 is 0. The maximum Gasteiger partial charge on any atom is 0.306 e. The second-order valence-electron chi connectivity index (χ2n) is 4.52. The number of rotatable bonds is 3. The lowest BCUT2D eigenvalue weighted by Crippen LogP contribution is -2.38. The molecule has 1 aromatic rings. The molecule has 4 nitrogen and oxygen atoms in total. The number of para-hydroxylation sites is 1. The van der Waals surface area contributed by atoms with Crippen molar-refractivity contribution in [2.45, 2.75) is 18.4 Å². The Balaban J connectivity index is 1.60. The number of hydrogen-bond acceptors (Lipinski definition) is 4. The molecule has 0 amide bonds. The van der Waals surface area contributed by atoms with E-state index in [1.807, 2.05) is 18.2 Å². The summed E-state index contributed by atoms with van der Waals surface area (Å²) in [6.07, 6.45) is 0.424.